The monoisotopic (exact) mass is 365 g/mol. The molecule has 0 aliphatic carbocycles. The standard InChI is InChI=1S/C21H27N5O/c27-20-7-19-12-24(10-17-3-1-5-22-8-17)14-21(26(19)13-20)15-25(16-21)11-18-4-2-6-23-9-18/h1-6,8-9,19-20,27H,7,10-16H2/t19-,20-/m1/s1. The highest BCUT2D eigenvalue weighted by Crippen LogP contribution is 2.39. The van der Waals surface area contributed by atoms with Crippen LogP contribution in [0.1, 0.15) is 17.5 Å². The van der Waals surface area contributed by atoms with Gasteiger partial charge in [-0.2, -0.15) is 0 Å². The van der Waals surface area contributed by atoms with Crippen LogP contribution in [0.15, 0.2) is 49.1 Å². The van der Waals surface area contributed by atoms with Crippen LogP contribution < -0.4 is 0 Å². The van der Waals surface area contributed by atoms with E-state index in [2.05, 4.69) is 36.8 Å². The van der Waals surface area contributed by atoms with Crippen LogP contribution in [0.4, 0.5) is 0 Å². The number of hydrogen-bond acceptors (Lipinski definition) is 6. The van der Waals surface area contributed by atoms with Crippen molar-refractivity contribution in [1.82, 2.24) is 24.7 Å². The Morgan fingerprint density at radius 1 is 0.926 bits per heavy atom. The number of pyridine rings is 2. The summed E-state index contributed by atoms with van der Waals surface area (Å²) < 4.78 is 0. The fourth-order valence-electron chi connectivity index (χ4n) is 5.32. The van der Waals surface area contributed by atoms with Gasteiger partial charge in [-0.1, -0.05) is 12.1 Å². The zero-order valence-corrected chi connectivity index (χ0v) is 15.6. The van der Waals surface area contributed by atoms with Gasteiger partial charge in [0.2, 0.25) is 0 Å². The average molecular weight is 365 g/mol. The maximum absolute atomic E-state index is 10.3. The van der Waals surface area contributed by atoms with Crippen LogP contribution in [0.3, 0.4) is 0 Å². The zero-order valence-electron chi connectivity index (χ0n) is 15.6. The summed E-state index contributed by atoms with van der Waals surface area (Å²) in [7, 11) is 0. The Labute approximate surface area is 160 Å². The number of piperazine rings is 1. The van der Waals surface area contributed by atoms with E-state index < -0.39 is 0 Å². The molecule has 6 nitrogen and oxygen atoms in total. The van der Waals surface area contributed by atoms with Crippen molar-refractivity contribution < 1.29 is 5.11 Å². The first-order chi connectivity index (χ1) is 13.2. The van der Waals surface area contributed by atoms with E-state index in [9.17, 15) is 5.11 Å². The number of nitrogens with zero attached hydrogens (tertiary/aromatic N) is 5. The molecule has 3 aliphatic heterocycles. The first-order valence-electron chi connectivity index (χ1n) is 9.88. The van der Waals surface area contributed by atoms with Gasteiger partial charge in [0.1, 0.15) is 0 Å². The summed E-state index contributed by atoms with van der Waals surface area (Å²) in [5.74, 6) is 0. The van der Waals surface area contributed by atoms with Gasteiger partial charge in [-0.05, 0) is 29.7 Å². The van der Waals surface area contributed by atoms with Crippen molar-refractivity contribution in [2.45, 2.75) is 37.2 Å². The van der Waals surface area contributed by atoms with Crippen LogP contribution in [0.2, 0.25) is 0 Å². The average Bonchev–Trinajstić information content (AvgIpc) is 3.03. The highest BCUT2D eigenvalue weighted by Gasteiger charge is 2.55. The van der Waals surface area contributed by atoms with Crippen molar-refractivity contribution in [1.29, 1.82) is 0 Å². The van der Waals surface area contributed by atoms with E-state index >= 15 is 0 Å². The molecule has 0 aromatic carbocycles. The van der Waals surface area contributed by atoms with Crippen LogP contribution >= 0.6 is 0 Å². The van der Waals surface area contributed by atoms with Gasteiger partial charge >= 0.3 is 0 Å². The van der Waals surface area contributed by atoms with Gasteiger partial charge in [0, 0.05) is 76.6 Å². The fraction of sp³-hybridized carbons (Fsp3) is 0.524. The van der Waals surface area contributed by atoms with Crippen molar-refractivity contribution in [3.8, 4) is 0 Å². The molecule has 2 atom stereocenters. The third-order valence-corrected chi connectivity index (χ3v) is 6.28. The third kappa shape index (κ3) is 3.38. The van der Waals surface area contributed by atoms with Crippen molar-refractivity contribution in [3.63, 3.8) is 0 Å². The first-order valence-corrected chi connectivity index (χ1v) is 9.88. The third-order valence-electron chi connectivity index (χ3n) is 6.28. The lowest BCUT2D eigenvalue weighted by Gasteiger charge is -2.61. The SMILES string of the molecule is O[C@@H]1C[C@@H]2CN(Cc3cccnc3)CC3(CN(Cc4cccnc4)C3)N2C1. The number of aliphatic hydroxyl groups excluding tert-OH is 1. The second kappa shape index (κ2) is 6.95. The van der Waals surface area contributed by atoms with E-state index in [4.69, 9.17) is 0 Å². The minimum atomic E-state index is -0.183. The Morgan fingerprint density at radius 2 is 1.56 bits per heavy atom. The molecule has 2 aromatic rings. The normalized spacial score (nSPS) is 28.2. The summed E-state index contributed by atoms with van der Waals surface area (Å²) in [6.45, 7) is 6.96. The van der Waals surface area contributed by atoms with E-state index in [1.807, 2.05) is 36.9 Å². The summed E-state index contributed by atoms with van der Waals surface area (Å²) in [6, 6.07) is 8.79. The molecule has 0 amide bonds. The van der Waals surface area contributed by atoms with Crippen molar-refractivity contribution in [3.05, 3.63) is 60.2 Å². The van der Waals surface area contributed by atoms with Gasteiger partial charge in [0.15, 0.2) is 0 Å². The zero-order chi connectivity index (χ0) is 18.3. The molecular formula is C21H27N5O. The number of likely N-dealkylation sites (tertiary alicyclic amines) is 1. The van der Waals surface area contributed by atoms with E-state index in [0.29, 0.717) is 6.04 Å². The summed E-state index contributed by atoms with van der Waals surface area (Å²) in [5, 5.41) is 10.3. The number of hydrogen-bond donors (Lipinski definition) is 1. The minimum absolute atomic E-state index is 0.171. The lowest BCUT2D eigenvalue weighted by molar-refractivity contribution is -0.118. The Bertz CT molecular complexity index is 765. The highest BCUT2D eigenvalue weighted by atomic mass is 16.3. The van der Waals surface area contributed by atoms with Gasteiger partial charge in [-0.25, -0.2) is 0 Å². The van der Waals surface area contributed by atoms with E-state index in [0.717, 1.165) is 52.2 Å². The maximum Gasteiger partial charge on any atom is 0.0682 e. The van der Waals surface area contributed by atoms with Crippen LogP contribution in [-0.2, 0) is 13.1 Å². The molecule has 27 heavy (non-hydrogen) atoms. The fourth-order valence-corrected chi connectivity index (χ4v) is 5.32. The molecule has 0 bridgehead atoms. The summed E-state index contributed by atoms with van der Waals surface area (Å²) in [5.41, 5.74) is 2.71. The van der Waals surface area contributed by atoms with Gasteiger partial charge in [-0.3, -0.25) is 24.7 Å². The summed E-state index contributed by atoms with van der Waals surface area (Å²) in [4.78, 5) is 16.2. The van der Waals surface area contributed by atoms with Crippen LogP contribution in [-0.4, -0.2) is 80.2 Å². The van der Waals surface area contributed by atoms with Crippen molar-refractivity contribution in [2.24, 2.45) is 0 Å². The molecule has 1 spiro atoms. The predicted molar refractivity (Wildman–Crippen MR) is 103 cm³/mol. The predicted octanol–water partition coefficient (Wildman–Crippen LogP) is 0.982. The number of β-amino-alcohol motifs (C(OH)–C–C–N with tert-alkyl or cyclic N) is 1. The van der Waals surface area contributed by atoms with E-state index in [1.54, 1.807) is 0 Å². The second-order valence-corrected chi connectivity index (χ2v) is 8.46. The number of aromatic nitrogens is 2. The smallest absolute Gasteiger partial charge is 0.0682 e. The highest BCUT2D eigenvalue weighted by molar-refractivity contribution is 5.17. The van der Waals surface area contributed by atoms with Crippen LogP contribution in [0.25, 0.3) is 0 Å². The quantitative estimate of drug-likeness (QED) is 0.872. The molecule has 5 heterocycles. The Kier molecular flexibility index (Phi) is 4.44. The minimum Gasteiger partial charge on any atom is -0.392 e. The molecule has 1 N–H and O–H groups in total. The molecule has 3 saturated heterocycles. The summed E-state index contributed by atoms with van der Waals surface area (Å²) >= 11 is 0. The van der Waals surface area contributed by atoms with Gasteiger partial charge in [0.05, 0.1) is 11.6 Å². The maximum atomic E-state index is 10.3. The topological polar surface area (TPSA) is 55.7 Å². The van der Waals surface area contributed by atoms with Crippen LogP contribution in [0, 0.1) is 0 Å². The molecular weight excluding hydrogens is 338 g/mol. The second-order valence-electron chi connectivity index (χ2n) is 8.46. The van der Waals surface area contributed by atoms with Gasteiger partial charge in [-0.15, -0.1) is 0 Å². The molecule has 0 saturated carbocycles. The molecule has 3 fully saturated rings. The molecule has 5 rings (SSSR count). The number of aliphatic hydroxyl groups is 1. The Hall–Kier alpha value is -1.86. The molecule has 0 radical (unpaired) electrons. The van der Waals surface area contributed by atoms with Crippen molar-refractivity contribution in [2.75, 3.05) is 32.7 Å². The largest absolute Gasteiger partial charge is 0.392 e. The molecule has 142 valence electrons. The van der Waals surface area contributed by atoms with Crippen LogP contribution in [0.5, 0.6) is 0 Å². The van der Waals surface area contributed by atoms with Gasteiger partial charge in [0.25, 0.3) is 0 Å². The van der Waals surface area contributed by atoms with E-state index in [-0.39, 0.29) is 11.6 Å². The number of fused-ring (bicyclic) bond motifs is 2. The molecule has 2 aromatic heterocycles. The van der Waals surface area contributed by atoms with E-state index in [1.165, 1.54) is 11.1 Å². The first kappa shape index (κ1) is 17.3. The summed E-state index contributed by atoms with van der Waals surface area (Å²) in [6.07, 6.45) is 8.31. The Balaban J connectivity index is 1.30. The molecule has 3 aliphatic rings. The van der Waals surface area contributed by atoms with Gasteiger partial charge < -0.3 is 5.11 Å². The lowest BCUT2D eigenvalue weighted by atomic mass is 9.83. The Morgan fingerprint density at radius 3 is 2.19 bits per heavy atom. The number of rotatable bonds is 4. The lowest BCUT2D eigenvalue weighted by Crippen LogP contribution is -2.77. The molecule has 0 unspecified atom stereocenters. The van der Waals surface area contributed by atoms with Crippen molar-refractivity contribution >= 4 is 0 Å². The molecule has 6 heteroatoms.